The lowest BCUT2D eigenvalue weighted by molar-refractivity contribution is -0.140. The van der Waals surface area contributed by atoms with Crippen molar-refractivity contribution in [3.8, 4) is 0 Å². The lowest BCUT2D eigenvalue weighted by Gasteiger charge is -2.16. The van der Waals surface area contributed by atoms with E-state index in [1.54, 1.807) is 0 Å². The van der Waals surface area contributed by atoms with Crippen LogP contribution >= 0.6 is 0 Å². The van der Waals surface area contributed by atoms with Crippen molar-refractivity contribution in [3.63, 3.8) is 0 Å². The summed E-state index contributed by atoms with van der Waals surface area (Å²) in [6, 6.07) is 0. The predicted octanol–water partition coefficient (Wildman–Crippen LogP) is 5.64. The van der Waals surface area contributed by atoms with Crippen LogP contribution in [0.1, 0.15) is 71.6 Å². The van der Waals surface area contributed by atoms with Crippen LogP contribution in [0.5, 0.6) is 0 Å². The number of unbranched alkanes of at least 4 members (excludes halogenated alkanes) is 7. The summed E-state index contributed by atoms with van der Waals surface area (Å²) in [6.07, 6.45) is 17.6. The minimum absolute atomic E-state index is 0.0154. The summed E-state index contributed by atoms with van der Waals surface area (Å²) >= 11 is 0. The fourth-order valence-electron chi connectivity index (χ4n) is 2.24. The lowest BCUT2D eigenvalue weighted by Crippen LogP contribution is -2.17. The molecule has 0 fully saturated rings. The van der Waals surface area contributed by atoms with Gasteiger partial charge in [-0.05, 0) is 39.5 Å². The molecule has 0 rings (SSSR count). The largest absolute Gasteiger partial charge is 0.353 e. The van der Waals surface area contributed by atoms with E-state index in [0.29, 0.717) is 0 Å². The van der Waals surface area contributed by atoms with Crippen LogP contribution in [0.25, 0.3) is 0 Å². The summed E-state index contributed by atoms with van der Waals surface area (Å²) in [5.74, 6) is 0. The first-order valence-electron chi connectivity index (χ1n) is 8.35. The van der Waals surface area contributed by atoms with Crippen LogP contribution in [0.2, 0.25) is 0 Å². The second-order valence-electron chi connectivity index (χ2n) is 5.06. The molecule has 0 aliphatic carbocycles. The van der Waals surface area contributed by atoms with E-state index in [4.69, 9.17) is 9.47 Å². The van der Waals surface area contributed by atoms with Gasteiger partial charge in [0.25, 0.3) is 0 Å². The highest BCUT2D eigenvalue weighted by atomic mass is 16.7. The van der Waals surface area contributed by atoms with Crippen molar-refractivity contribution in [1.82, 2.24) is 0 Å². The summed E-state index contributed by atoms with van der Waals surface area (Å²) < 4.78 is 11.1. The minimum Gasteiger partial charge on any atom is -0.353 e. The molecule has 0 heterocycles. The Balaban J connectivity index is 3.26. The quantitative estimate of drug-likeness (QED) is 0.220. The Bertz CT molecular complexity index is 217. The van der Waals surface area contributed by atoms with Crippen LogP contribution in [-0.4, -0.2) is 19.5 Å². The molecule has 118 valence electrons. The van der Waals surface area contributed by atoms with Gasteiger partial charge >= 0.3 is 0 Å². The average Bonchev–Trinajstić information content (AvgIpc) is 2.45. The van der Waals surface area contributed by atoms with Gasteiger partial charge in [-0.2, -0.15) is 0 Å². The number of allylic oxidation sites excluding steroid dienone is 3. The molecule has 2 nitrogen and oxygen atoms in total. The van der Waals surface area contributed by atoms with Crippen LogP contribution in [0.3, 0.4) is 0 Å². The van der Waals surface area contributed by atoms with Crippen molar-refractivity contribution in [2.24, 2.45) is 0 Å². The van der Waals surface area contributed by atoms with Gasteiger partial charge in [-0.1, -0.05) is 56.9 Å². The smallest absolute Gasteiger partial charge is 0.157 e. The summed E-state index contributed by atoms with van der Waals surface area (Å²) in [6.45, 7) is 9.20. The molecule has 0 aromatic rings. The topological polar surface area (TPSA) is 18.5 Å². The van der Waals surface area contributed by atoms with Gasteiger partial charge in [0, 0.05) is 13.2 Å². The van der Waals surface area contributed by atoms with E-state index in [1.807, 2.05) is 26.0 Å². The summed E-state index contributed by atoms with van der Waals surface area (Å²) in [4.78, 5) is 0. The Labute approximate surface area is 126 Å². The molecule has 0 radical (unpaired) electrons. The van der Waals surface area contributed by atoms with Crippen LogP contribution in [0, 0.1) is 0 Å². The van der Waals surface area contributed by atoms with Crippen LogP contribution in [0.15, 0.2) is 24.8 Å². The van der Waals surface area contributed by atoms with Crippen molar-refractivity contribution < 1.29 is 9.47 Å². The molecule has 0 aromatic carbocycles. The average molecular weight is 282 g/mol. The molecule has 0 amide bonds. The molecule has 0 aromatic heterocycles. The standard InChI is InChI=1S/C18H34O2/c1-4-7-8-9-10-11-12-13-14-15-16-17-18(19-5-2)20-6-3/h4,7-8,18H,1,5-6,9-17H2,2-3H3. The fraction of sp³-hybridized carbons (Fsp3) is 0.778. The van der Waals surface area contributed by atoms with Gasteiger partial charge in [-0.25, -0.2) is 0 Å². The predicted molar refractivity (Wildman–Crippen MR) is 87.9 cm³/mol. The van der Waals surface area contributed by atoms with Crippen molar-refractivity contribution in [3.05, 3.63) is 24.8 Å². The molecular weight excluding hydrogens is 248 g/mol. The SMILES string of the molecule is C=CC=CCCCCCCCCCC(OCC)OCC. The lowest BCUT2D eigenvalue weighted by atomic mass is 10.1. The molecule has 0 N–H and O–H groups in total. The monoisotopic (exact) mass is 282 g/mol. The third-order valence-electron chi connectivity index (χ3n) is 3.29. The fourth-order valence-corrected chi connectivity index (χ4v) is 2.24. The molecule has 0 spiro atoms. The van der Waals surface area contributed by atoms with E-state index < -0.39 is 0 Å². The van der Waals surface area contributed by atoms with Gasteiger partial charge in [-0.3, -0.25) is 0 Å². The van der Waals surface area contributed by atoms with E-state index in [9.17, 15) is 0 Å². The molecular formula is C18H34O2. The Morgan fingerprint density at radius 1 is 0.850 bits per heavy atom. The normalized spacial score (nSPS) is 11.6. The Hall–Kier alpha value is -0.600. The highest BCUT2D eigenvalue weighted by Gasteiger charge is 2.06. The van der Waals surface area contributed by atoms with Crippen LogP contribution in [-0.2, 0) is 9.47 Å². The van der Waals surface area contributed by atoms with E-state index in [-0.39, 0.29) is 6.29 Å². The summed E-state index contributed by atoms with van der Waals surface area (Å²) in [7, 11) is 0. The number of hydrogen-bond donors (Lipinski definition) is 0. The minimum atomic E-state index is 0.0154. The van der Waals surface area contributed by atoms with Gasteiger partial charge in [0.1, 0.15) is 0 Å². The van der Waals surface area contributed by atoms with Gasteiger partial charge in [-0.15, -0.1) is 0 Å². The van der Waals surface area contributed by atoms with Gasteiger partial charge in [0.2, 0.25) is 0 Å². The van der Waals surface area contributed by atoms with Gasteiger partial charge in [0.15, 0.2) is 6.29 Å². The number of hydrogen-bond acceptors (Lipinski definition) is 2. The summed E-state index contributed by atoms with van der Waals surface area (Å²) in [5.41, 5.74) is 0. The third kappa shape index (κ3) is 13.8. The van der Waals surface area contributed by atoms with E-state index >= 15 is 0 Å². The van der Waals surface area contributed by atoms with E-state index in [1.165, 1.54) is 51.4 Å². The molecule has 0 aliphatic heterocycles. The highest BCUT2D eigenvalue weighted by molar-refractivity contribution is 4.96. The zero-order valence-electron chi connectivity index (χ0n) is 13.6. The first kappa shape index (κ1) is 19.4. The van der Waals surface area contributed by atoms with Crippen molar-refractivity contribution in [1.29, 1.82) is 0 Å². The Kier molecular flexibility index (Phi) is 16.0. The Morgan fingerprint density at radius 2 is 1.40 bits per heavy atom. The van der Waals surface area contributed by atoms with Gasteiger partial charge in [0.05, 0.1) is 0 Å². The highest BCUT2D eigenvalue weighted by Crippen LogP contribution is 2.12. The molecule has 2 heteroatoms. The maximum absolute atomic E-state index is 5.54. The molecule has 0 unspecified atom stereocenters. The third-order valence-corrected chi connectivity index (χ3v) is 3.29. The molecule has 0 saturated carbocycles. The number of rotatable bonds is 15. The van der Waals surface area contributed by atoms with Gasteiger partial charge < -0.3 is 9.47 Å². The van der Waals surface area contributed by atoms with Crippen LogP contribution < -0.4 is 0 Å². The molecule has 0 bridgehead atoms. The molecule has 0 aliphatic rings. The number of ether oxygens (including phenoxy) is 2. The zero-order chi connectivity index (χ0) is 14.9. The van der Waals surface area contributed by atoms with Crippen LogP contribution in [0.4, 0.5) is 0 Å². The molecule has 0 atom stereocenters. The van der Waals surface area contributed by atoms with E-state index in [0.717, 1.165) is 19.6 Å². The first-order chi connectivity index (χ1) is 9.85. The molecule has 20 heavy (non-hydrogen) atoms. The summed E-state index contributed by atoms with van der Waals surface area (Å²) in [5, 5.41) is 0. The van der Waals surface area contributed by atoms with Crippen molar-refractivity contribution in [2.75, 3.05) is 13.2 Å². The zero-order valence-corrected chi connectivity index (χ0v) is 13.6. The van der Waals surface area contributed by atoms with Crippen molar-refractivity contribution >= 4 is 0 Å². The van der Waals surface area contributed by atoms with E-state index in [2.05, 4.69) is 12.7 Å². The molecule has 0 saturated heterocycles. The maximum atomic E-state index is 5.54. The first-order valence-corrected chi connectivity index (χ1v) is 8.35. The Morgan fingerprint density at radius 3 is 1.95 bits per heavy atom. The maximum Gasteiger partial charge on any atom is 0.157 e. The second kappa shape index (κ2) is 16.5. The second-order valence-corrected chi connectivity index (χ2v) is 5.06. The van der Waals surface area contributed by atoms with Crippen molar-refractivity contribution in [2.45, 2.75) is 77.9 Å².